The van der Waals surface area contributed by atoms with Gasteiger partial charge < -0.3 is 10.2 Å². The number of likely N-dealkylation sites (tertiary alicyclic amines) is 1. The van der Waals surface area contributed by atoms with Crippen molar-refractivity contribution in [2.75, 3.05) is 18.4 Å². The van der Waals surface area contributed by atoms with Crippen molar-refractivity contribution in [1.82, 2.24) is 9.88 Å². The van der Waals surface area contributed by atoms with Gasteiger partial charge in [0.05, 0.1) is 0 Å². The molecule has 146 valence electrons. The quantitative estimate of drug-likeness (QED) is 0.747. The largest absolute Gasteiger partial charge is 0.324 e. The van der Waals surface area contributed by atoms with E-state index in [1.54, 1.807) is 11.1 Å². The van der Waals surface area contributed by atoms with Crippen molar-refractivity contribution in [1.29, 1.82) is 0 Å². The van der Waals surface area contributed by atoms with Crippen LogP contribution in [-0.2, 0) is 12.8 Å². The Morgan fingerprint density at radius 1 is 1.14 bits per heavy atom. The van der Waals surface area contributed by atoms with E-state index in [9.17, 15) is 13.6 Å². The maximum absolute atomic E-state index is 14.0. The molecule has 0 radical (unpaired) electrons. The van der Waals surface area contributed by atoms with E-state index < -0.39 is 11.6 Å². The summed E-state index contributed by atoms with van der Waals surface area (Å²) >= 11 is 5.66. The average molecular weight is 404 g/mol. The topological polar surface area (TPSA) is 45.2 Å². The van der Waals surface area contributed by atoms with E-state index in [-0.39, 0.29) is 16.6 Å². The van der Waals surface area contributed by atoms with Crippen LogP contribution in [0.5, 0.6) is 0 Å². The molecule has 28 heavy (non-hydrogen) atoms. The minimum atomic E-state index is -0.677. The van der Waals surface area contributed by atoms with Crippen LogP contribution in [0, 0.1) is 11.6 Å². The van der Waals surface area contributed by atoms with Crippen LogP contribution in [0.4, 0.5) is 19.3 Å². The number of pyridine rings is 1. The van der Waals surface area contributed by atoms with Crippen LogP contribution >= 0.6 is 11.6 Å². The second kappa shape index (κ2) is 7.87. The number of amides is 2. The fraction of sp³-hybridized carbons (Fsp3) is 0.333. The molecule has 2 heterocycles. The maximum Gasteiger partial charge on any atom is 0.321 e. The van der Waals surface area contributed by atoms with Crippen LogP contribution in [0.15, 0.2) is 30.0 Å². The third-order valence-electron chi connectivity index (χ3n) is 5.31. The molecule has 2 aliphatic rings. The Hall–Kier alpha value is -2.47. The lowest BCUT2D eigenvalue weighted by Gasteiger charge is -2.29. The van der Waals surface area contributed by atoms with Crippen LogP contribution < -0.4 is 5.32 Å². The molecule has 4 rings (SSSR count). The zero-order valence-corrected chi connectivity index (χ0v) is 16.0. The number of benzene rings is 1. The summed E-state index contributed by atoms with van der Waals surface area (Å²) in [4.78, 5) is 18.7. The minimum absolute atomic E-state index is 0.0336. The van der Waals surface area contributed by atoms with Crippen molar-refractivity contribution >= 4 is 29.4 Å². The van der Waals surface area contributed by atoms with Gasteiger partial charge in [-0.3, -0.25) is 4.98 Å². The van der Waals surface area contributed by atoms with E-state index in [0.29, 0.717) is 25.9 Å². The van der Waals surface area contributed by atoms with Crippen LogP contribution in [0.1, 0.15) is 36.1 Å². The van der Waals surface area contributed by atoms with E-state index in [1.807, 2.05) is 6.07 Å². The van der Waals surface area contributed by atoms with Crippen molar-refractivity contribution in [3.8, 4) is 0 Å². The molecule has 1 aliphatic heterocycles. The van der Waals surface area contributed by atoms with E-state index in [4.69, 9.17) is 11.6 Å². The Morgan fingerprint density at radius 3 is 2.57 bits per heavy atom. The Labute approximate surface area is 167 Å². The van der Waals surface area contributed by atoms with Gasteiger partial charge in [0.15, 0.2) is 0 Å². The lowest BCUT2D eigenvalue weighted by Crippen LogP contribution is -2.39. The Kier molecular flexibility index (Phi) is 5.31. The number of piperidine rings is 1. The standard InChI is InChI=1S/C21H20ClF2N3O/c22-14-11-17(23)16(18(24)12-14)10-13-5-8-27(9-6-13)21(28)26-20-4-7-25-19-3-1-2-15(19)20/h4,7,10-12H,1-3,5-6,8-9H2,(H,25,26,28). The molecule has 2 amide bonds. The number of carbonyl (C=O) groups excluding carboxylic acids is 1. The van der Waals surface area contributed by atoms with Crippen LogP contribution in [0.3, 0.4) is 0 Å². The van der Waals surface area contributed by atoms with Gasteiger partial charge in [0.2, 0.25) is 0 Å². The first-order chi connectivity index (χ1) is 13.5. The smallest absolute Gasteiger partial charge is 0.321 e. The molecule has 0 unspecified atom stereocenters. The predicted molar refractivity (Wildman–Crippen MR) is 105 cm³/mol. The first kappa shape index (κ1) is 18.9. The van der Waals surface area contributed by atoms with Gasteiger partial charge in [-0.25, -0.2) is 13.6 Å². The number of carbonyl (C=O) groups is 1. The molecule has 1 fully saturated rings. The number of halogens is 3. The molecule has 2 aromatic rings. The number of fused-ring (bicyclic) bond motifs is 1. The molecule has 4 nitrogen and oxygen atoms in total. The Morgan fingerprint density at radius 2 is 1.86 bits per heavy atom. The summed E-state index contributed by atoms with van der Waals surface area (Å²) in [6.45, 7) is 1.00. The summed E-state index contributed by atoms with van der Waals surface area (Å²) in [5.74, 6) is -1.35. The summed E-state index contributed by atoms with van der Waals surface area (Å²) < 4.78 is 27.9. The van der Waals surface area contributed by atoms with E-state index in [2.05, 4.69) is 10.3 Å². The third-order valence-corrected chi connectivity index (χ3v) is 5.53. The molecule has 1 aromatic carbocycles. The number of rotatable bonds is 2. The van der Waals surface area contributed by atoms with Gasteiger partial charge in [0.1, 0.15) is 11.6 Å². The van der Waals surface area contributed by atoms with Crippen LogP contribution in [0.25, 0.3) is 6.08 Å². The highest BCUT2D eigenvalue weighted by molar-refractivity contribution is 6.30. The van der Waals surface area contributed by atoms with Crippen molar-refractivity contribution in [3.05, 3.63) is 63.4 Å². The minimum Gasteiger partial charge on any atom is -0.324 e. The molecule has 1 saturated heterocycles. The molecule has 0 saturated carbocycles. The SMILES string of the molecule is O=C(Nc1ccnc2c1CCC2)N1CCC(=Cc2c(F)cc(Cl)cc2F)CC1. The Balaban J connectivity index is 1.41. The van der Waals surface area contributed by atoms with Crippen molar-refractivity contribution in [2.45, 2.75) is 32.1 Å². The summed E-state index contributed by atoms with van der Waals surface area (Å²) in [6, 6.07) is 3.89. The number of nitrogens with one attached hydrogen (secondary N) is 1. The number of aromatic nitrogens is 1. The summed E-state index contributed by atoms with van der Waals surface area (Å²) in [6.07, 6.45) is 7.36. The van der Waals surface area contributed by atoms with E-state index in [1.165, 1.54) is 6.08 Å². The van der Waals surface area contributed by atoms with Gasteiger partial charge >= 0.3 is 6.03 Å². The second-order valence-electron chi connectivity index (χ2n) is 7.14. The second-order valence-corrected chi connectivity index (χ2v) is 7.58. The average Bonchev–Trinajstić information content (AvgIpc) is 3.15. The summed E-state index contributed by atoms with van der Waals surface area (Å²) in [5.41, 5.74) is 3.86. The predicted octanol–water partition coefficient (Wildman–Crippen LogP) is 5.21. The fourth-order valence-electron chi connectivity index (χ4n) is 3.81. The first-order valence-electron chi connectivity index (χ1n) is 9.38. The molecule has 7 heteroatoms. The molecule has 1 aromatic heterocycles. The highest BCUT2D eigenvalue weighted by Gasteiger charge is 2.22. The third kappa shape index (κ3) is 3.87. The monoisotopic (exact) mass is 403 g/mol. The van der Waals surface area contributed by atoms with E-state index in [0.717, 1.165) is 53.9 Å². The molecular weight excluding hydrogens is 384 g/mol. The first-order valence-corrected chi connectivity index (χ1v) is 9.76. The maximum atomic E-state index is 14.0. The van der Waals surface area contributed by atoms with Crippen molar-refractivity contribution < 1.29 is 13.6 Å². The van der Waals surface area contributed by atoms with Gasteiger partial charge in [-0.15, -0.1) is 0 Å². The summed E-state index contributed by atoms with van der Waals surface area (Å²) in [5, 5.41) is 3.03. The van der Waals surface area contributed by atoms with Gasteiger partial charge in [0.25, 0.3) is 0 Å². The number of anilines is 1. The number of hydrogen-bond donors (Lipinski definition) is 1. The van der Waals surface area contributed by atoms with Gasteiger partial charge in [-0.1, -0.05) is 17.2 Å². The number of hydrogen-bond acceptors (Lipinski definition) is 2. The molecule has 0 spiro atoms. The van der Waals surface area contributed by atoms with Gasteiger partial charge in [0, 0.05) is 41.3 Å². The molecule has 0 atom stereocenters. The zero-order valence-electron chi connectivity index (χ0n) is 15.3. The van der Waals surface area contributed by atoms with Crippen molar-refractivity contribution in [2.24, 2.45) is 0 Å². The lowest BCUT2D eigenvalue weighted by atomic mass is 10.0. The number of aryl methyl sites for hydroxylation is 1. The lowest BCUT2D eigenvalue weighted by molar-refractivity contribution is 0.207. The van der Waals surface area contributed by atoms with Crippen LogP contribution in [0.2, 0.25) is 5.02 Å². The molecular formula is C21H20ClF2N3O. The highest BCUT2D eigenvalue weighted by atomic mass is 35.5. The van der Waals surface area contributed by atoms with E-state index >= 15 is 0 Å². The number of urea groups is 1. The highest BCUT2D eigenvalue weighted by Crippen LogP contribution is 2.28. The van der Waals surface area contributed by atoms with Crippen molar-refractivity contribution in [3.63, 3.8) is 0 Å². The van der Waals surface area contributed by atoms with Gasteiger partial charge in [-0.2, -0.15) is 0 Å². The Bertz CT molecular complexity index is 928. The normalized spacial score (nSPS) is 16.1. The molecule has 1 N–H and O–H groups in total. The molecule has 1 aliphatic carbocycles. The summed E-state index contributed by atoms with van der Waals surface area (Å²) in [7, 11) is 0. The van der Waals surface area contributed by atoms with Gasteiger partial charge in [-0.05, 0) is 61.9 Å². The fourth-order valence-corrected chi connectivity index (χ4v) is 4.00. The van der Waals surface area contributed by atoms with Crippen LogP contribution in [-0.4, -0.2) is 29.0 Å². The number of nitrogens with zero attached hydrogens (tertiary/aromatic N) is 2. The molecule has 0 bridgehead atoms. The zero-order chi connectivity index (χ0) is 19.7.